The summed E-state index contributed by atoms with van der Waals surface area (Å²) in [5.41, 5.74) is 1.18. The Morgan fingerprint density at radius 2 is 2.00 bits per heavy atom. The largest absolute Gasteiger partial charge is 0.424 e. The number of amides is 1. The summed E-state index contributed by atoms with van der Waals surface area (Å²) in [6.45, 7) is 3.47. The van der Waals surface area contributed by atoms with Crippen molar-refractivity contribution in [3.63, 3.8) is 0 Å². The minimum atomic E-state index is -4.36. The molecule has 0 bridgehead atoms. The number of alkyl halides is 3. The molecule has 10 heteroatoms. The Kier molecular flexibility index (Phi) is 5.47. The molecule has 1 aromatic carbocycles. The number of pyridine rings is 1. The van der Waals surface area contributed by atoms with Gasteiger partial charge in [0.15, 0.2) is 5.75 Å². The van der Waals surface area contributed by atoms with Crippen LogP contribution < -0.4 is 15.0 Å². The number of benzene rings is 1. The lowest BCUT2D eigenvalue weighted by Gasteiger charge is -2.41. The summed E-state index contributed by atoms with van der Waals surface area (Å²) in [4.78, 5) is 31.9. The molecule has 31 heavy (non-hydrogen) atoms. The van der Waals surface area contributed by atoms with Crippen LogP contribution in [0.15, 0.2) is 36.5 Å². The van der Waals surface area contributed by atoms with E-state index in [0.717, 1.165) is 12.1 Å². The fourth-order valence-corrected chi connectivity index (χ4v) is 3.79. The highest BCUT2D eigenvalue weighted by molar-refractivity contribution is 5.83. The van der Waals surface area contributed by atoms with E-state index < -0.39 is 11.7 Å². The fourth-order valence-electron chi connectivity index (χ4n) is 3.79. The van der Waals surface area contributed by atoms with Crippen molar-refractivity contribution in [2.24, 2.45) is 0 Å². The topological polar surface area (TPSA) is 74.8 Å². The first-order valence-electron chi connectivity index (χ1n) is 9.86. The SMILES string of the molecule is C[C@@H]1CN(c2ccc(C(F)(F)F)cc2)CCN1C(=O)CNc1cnc2c(c1)OC(=O)C2. The van der Waals surface area contributed by atoms with E-state index >= 15 is 0 Å². The summed E-state index contributed by atoms with van der Waals surface area (Å²) >= 11 is 0. The van der Waals surface area contributed by atoms with Crippen LogP contribution in [0.3, 0.4) is 0 Å². The van der Waals surface area contributed by atoms with Gasteiger partial charge in [-0.05, 0) is 31.2 Å². The maximum absolute atomic E-state index is 12.8. The fraction of sp³-hybridized carbons (Fsp3) is 0.381. The van der Waals surface area contributed by atoms with Crippen LogP contribution in [0.2, 0.25) is 0 Å². The minimum Gasteiger partial charge on any atom is -0.424 e. The van der Waals surface area contributed by atoms with Crippen LogP contribution in [0.25, 0.3) is 0 Å². The number of halogens is 3. The number of hydrogen-bond donors (Lipinski definition) is 1. The van der Waals surface area contributed by atoms with Crippen LogP contribution >= 0.6 is 0 Å². The molecule has 1 fully saturated rings. The molecule has 0 saturated carbocycles. The maximum atomic E-state index is 12.8. The van der Waals surface area contributed by atoms with E-state index in [9.17, 15) is 22.8 Å². The van der Waals surface area contributed by atoms with Crippen molar-refractivity contribution in [2.45, 2.75) is 25.6 Å². The van der Waals surface area contributed by atoms with Crippen molar-refractivity contribution in [1.82, 2.24) is 9.88 Å². The maximum Gasteiger partial charge on any atom is 0.416 e. The molecule has 1 atom stereocenters. The second-order valence-electron chi connectivity index (χ2n) is 7.60. The van der Waals surface area contributed by atoms with Gasteiger partial charge in [-0.1, -0.05) is 0 Å². The molecule has 3 heterocycles. The van der Waals surface area contributed by atoms with Crippen molar-refractivity contribution >= 4 is 23.3 Å². The molecule has 2 aromatic rings. The first-order chi connectivity index (χ1) is 14.7. The normalized spacial score (nSPS) is 18.6. The summed E-state index contributed by atoms with van der Waals surface area (Å²) < 4.78 is 43.3. The number of anilines is 2. The van der Waals surface area contributed by atoms with Gasteiger partial charge in [0.2, 0.25) is 5.91 Å². The van der Waals surface area contributed by atoms with Gasteiger partial charge in [-0.3, -0.25) is 14.6 Å². The highest BCUT2D eigenvalue weighted by Gasteiger charge is 2.31. The van der Waals surface area contributed by atoms with E-state index in [-0.39, 0.29) is 30.9 Å². The summed E-state index contributed by atoms with van der Waals surface area (Å²) in [6, 6.07) is 6.61. The molecule has 2 aliphatic heterocycles. The second kappa shape index (κ2) is 8.09. The number of carbonyl (C=O) groups is 2. The van der Waals surface area contributed by atoms with Gasteiger partial charge in [-0.15, -0.1) is 0 Å². The van der Waals surface area contributed by atoms with Crippen LogP contribution in [0.4, 0.5) is 24.5 Å². The van der Waals surface area contributed by atoms with Crippen LogP contribution in [0.1, 0.15) is 18.2 Å². The molecule has 0 radical (unpaired) electrons. The molecule has 1 amide bonds. The average molecular weight is 434 g/mol. The Labute approximate surface area is 176 Å². The molecule has 1 N–H and O–H groups in total. The summed E-state index contributed by atoms with van der Waals surface area (Å²) in [6.07, 6.45) is -2.66. The highest BCUT2D eigenvalue weighted by atomic mass is 19.4. The zero-order valence-electron chi connectivity index (χ0n) is 16.8. The van der Waals surface area contributed by atoms with E-state index in [1.807, 2.05) is 11.8 Å². The predicted octanol–water partition coefficient (Wildman–Crippen LogP) is 2.71. The number of nitrogens with one attached hydrogen (secondary N) is 1. The van der Waals surface area contributed by atoms with Gasteiger partial charge in [0, 0.05) is 37.4 Å². The molecule has 1 saturated heterocycles. The molecule has 7 nitrogen and oxygen atoms in total. The summed E-state index contributed by atoms with van der Waals surface area (Å²) in [5, 5.41) is 3.00. The lowest BCUT2D eigenvalue weighted by molar-refractivity contribution is -0.137. The Morgan fingerprint density at radius 3 is 2.68 bits per heavy atom. The number of aromatic nitrogens is 1. The molecule has 0 spiro atoms. The van der Waals surface area contributed by atoms with Crippen molar-refractivity contribution < 1.29 is 27.5 Å². The standard InChI is InChI=1S/C21H21F3N4O3/c1-13-12-27(16-4-2-14(3-5-16)21(22,23)24)6-7-28(13)19(29)11-25-15-8-18-17(26-10-15)9-20(30)31-18/h2-5,8,10,13,25H,6-7,9,11-12H2,1H3/t13-/m1/s1. The molecule has 164 valence electrons. The average Bonchev–Trinajstić information content (AvgIpc) is 3.10. The van der Waals surface area contributed by atoms with Gasteiger partial charge < -0.3 is 19.9 Å². The van der Waals surface area contributed by atoms with Crippen molar-refractivity contribution in [1.29, 1.82) is 0 Å². The lowest BCUT2D eigenvalue weighted by Crippen LogP contribution is -2.55. The zero-order valence-corrected chi connectivity index (χ0v) is 16.8. The predicted molar refractivity (Wildman–Crippen MR) is 107 cm³/mol. The number of fused-ring (bicyclic) bond motifs is 1. The third-order valence-electron chi connectivity index (χ3n) is 5.42. The molecule has 4 rings (SSSR count). The van der Waals surface area contributed by atoms with Crippen molar-refractivity contribution in [2.75, 3.05) is 36.4 Å². The Balaban J connectivity index is 1.32. The lowest BCUT2D eigenvalue weighted by atomic mass is 10.1. The molecule has 0 aliphatic carbocycles. The molecule has 0 unspecified atom stereocenters. The number of esters is 1. The number of rotatable bonds is 4. The summed E-state index contributed by atoms with van der Waals surface area (Å²) in [7, 11) is 0. The van der Waals surface area contributed by atoms with E-state index in [0.29, 0.717) is 42.5 Å². The Hall–Kier alpha value is -3.30. The molecular weight excluding hydrogens is 413 g/mol. The zero-order chi connectivity index (χ0) is 22.2. The van der Waals surface area contributed by atoms with Gasteiger partial charge in [0.1, 0.15) is 0 Å². The first-order valence-corrected chi connectivity index (χ1v) is 9.86. The van der Waals surface area contributed by atoms with Gasteiger partial charge in [0.25, 0.3) is 0 Å². The van der Waals surface area contributed by atoms with Crippen molar-refractivity contribution in [3.8, 4) is 5.75 Å². The van der Waals surface area contributed by atoms with Crippen LogP contribution in [0, 0.1) is 0 Å². The summed E-state index contributed by atoms with van der Waals surface area (Å²) in [5.74, 6) is -0.0477. The molecular formula is C21H21F3N4O3. The quantitative estimate of drug-likeness (QED) is 0.746. The Bertz CT molecular complexity index is 994. The van der Waals surface area contributed by atoms with E-state index in [1.165, 1.54) is 12.1 Å². The number of nitrogens with zero attached hydrogens (tertiary/aromatic N) is 3. The number of piperazine rings is 1. The second-order valence-corrected chi connectivity index (χ2v) is 7.60. The van der Waals surface area contributed by atoms with Gasteiger partial charge >= 0.3 is 12.1 Å². The molecule has 2 aliphatic rings. The highest BCUT2D eigenvalue weighted by Crippen LogP contribution is 2.31. The smallest absolute Gasteiger partial charge is 0.416 e. The number of ether oxygens (including phenoxy) is 1. The van der Waals surface area contributed by atoms with E-state index in [4.69, 9.17) is 4.74 Å². The van der Waals surface area contributed by atoms with E-state index in [2.05, 4.69) is 10.3 Å². The van der Waals surface area contributed by atoms with Gasteiger partial charge in [0.05, 0.1) is 36.1 Å². The van der Waals surface area contributed by atoms with Crippen LogP contribution in [-0.4, -0.2) is 54.0 Å². The third kappa shape index (κ3) is 4.57. The van der Waals surface area contributed by atoms with Crippen molar-refractivity contribution in [3.05, 3.63) is 47.8 Å². The first kappa shape index (κ1) is 21.0. The minimum absolute atomic E-state index is 0.0546. The number of hydrogen-bond acceptors (Lipinski definition) is 6. The number of carbonyl (C=O) groups excluding carboxylic acids is 2. The van der Waals surface area contributed by atoms with Crippen LogP contribution in [0.5, 0.6) is 5.75 Å². The van der Waals surface area contributed by atoms with E-state index in [1.54, 1.807) is 17.2 Å². The third-order valence-corrected chi connectivity index (χ3v) is 5.42. The van der Waals surface area contributed by atoms with Gasteiger partial charge in [-0.2, -0.15) is 13.2 Å². The Morgan fingerprint density at radius 1 is 1.26 bits per heavy atom. The molecule has 1 aromatic heterocycles. The van der Waals surface area contributed by atoms with Gasteiger partial charge in [-0.25, -0.2) is 0 Å². The van der Waals surface area contributed by atoms with Crippen LogP contribution in [-0.2, 0) is 22.2 Å². The monoisotopic (exact) mass is 434 g/mol.